The normalized spacial score (nSPS) is 15.4. The molecule has 1 amide bonds. The summed E-state index contributed by atoms with van der Waals surface area (Å²) in [5.41, 5.74) is 4.67. The molecule has 4 nitrogen and oxygen atoms in total. The third kappa shape index (κ3) is 3.68. The van der Waals surface area contributed by atoms with Crippen LogP contribution in [0.2, 0.25) is 0 Å². The molecule has 0 saturated carbocycles. The first-order chi connectivity index (χ1) is 12.3. The topological polar surface area (TPSA) is 54.5 Å². The predicted octanol–water partition coefficient (Wildman–Crippen LogP) is 3.59. The Bertz CT molecular complexity index is 934. The van der Waals surface area contributed by atoms with Crippen LogP contribution >= 0.6 is 0 Å². The number of aryl methyl sites for hydroxylation is 3. The number of benzene rings is 2. The van der Waals surface area contributed by atoms with E-state index in [0.29, 0.717) is 6.54 Å². The van der Waals surface area contributed by atoms with Gasteiger partial charge in [-0.2, -0.15) is 0 Å². The molecule has 1 aliphatic rings. The molecule has 1 unspecified atom stereocenters. The Labute approximate surface area is 155 Å². The molecule has 138 valence electrons. The highest BCUT2D eigenvalue weighted by atomic mass is 32.2. The van der Waals surface area contributed by atoms with E-state index >= 15 is 0 Å². The summed E-state index contributed by atoms with van der Waals surface area (Å²) in [6, 6.07) is 13.5. The van der Waals surface area contributed by atoms with Crippen molar-refractivity contribution in [3.63, 3.8) is 0 Å². The predicted molar refractivity (Wildman–Crippen MR) is 105 cm³/mol. The maximum absolute atomic E-state index is 13.0. The Morgan fingerprint density at radius 1 is 1.15 bits per heavy atom. The Kier molecular flexibility index (Phi) is 5.19. The maximum atomic E-state index is 13.0. The third-order valence-corrected chi connectivity index (χ3v) is 7.12. The van der Waals surface area contributed by atoms with Crippen LogP contribution in [-0.4, -0.2) is 26.1 Å². The Morgan fingerprint density at radius 2 is 1.88 bits per heavy atom. The van der Waals surface area contributed by atoms with Gasteiger partial charge in [-0.3, -0.25) is 4.79 Å². The molecule has 0 bridgehead atoms. The molecule has 1 aliphatic heterocycles. The van der Waals surface area contributed by atoms with Gasteiger partial charge in [0.25, 0.3) is 0 Å². The summed E-state index contributed by atoms with van der Waals surface area (Å²) in [7, 11) is -3.59. The SMILES string of the molecule is Cc1ccc(C)c(CS(=O)(=O)C(C)C(=O)N2CCCc3ccccc32)c1. The second-order valence-corrected chi connectivity index (χ2v) is 9.42. The molecule has 26 heavy (non-hydrogen) atoms. The third-order valence-electron chi connectivity index (χ3n) is 5.12. The summed E-state index contributed by atoms with van der Waals surface area (Å²) < 4.78 is 25.8. The van der Waals surface area contributed by atoms with Crippen molar-refractivity contribution >= 4 is 21.4 Å². The summed E-state index contributed by atoms with van der Waals surface area (Å²) in [5.74, 6) is -0.439. The minimum absolute atomic E-state index is 0.108. The lowest BCUT2D eigenvalue weighted by atomic mass is 10.0. The molecule has 2 aromatic carbocycles. The quantitative estimate of drug-likeness (QED) is 0.825. The van der Waals surface area contributed by atoms with Gasteiger partial charge in [-0.1, -0.05) is 42.0 Å². The van der Waals surface area contributed by atoms with E-state index in [1.165, 1.54) is 6.92 Å². The van der Waals surface area contributed by atoms with E-state index in [-0.39, 0.29) is 11.7 Å². The van der Waals surface area contributed by atoms with Crippen molar-refractivity contribution in [2.24, 2.45) is 0 Å². The lowest BCUT2D eigenvalue weighted by Crippen LogP contribution is -2.44. The number of fused-ring (bicyclic) bond motifs is 1. The maximum Gasteiger partial charge on any atom is 0.245 e. The average molecular weight is 372 g/mol. The van der Waals surface area contributed by atoms with E-state index in [1.807, 2.05) is 56.3 Å². The molecular weight excluding hydrogens is 346 g/mol. The summed E-state index contributed by atoms with van der Waals surface area (Å²) in [6.07, 6.45) is 1.77. The fourth-order valence-electron chi connectivity index (χ4n) is 3.43. The van der Waals surface area contributed by atoms with Gasteiger partial charge in [0.15, 0.2) is 9.84 Å². The summed E-state index contributed by atoms with van der Waals surface area (Å²) in [6.45, 7) is 5.92. The summed E-state index contributed by atoms with van der Waals surface area (Å²) in [4.78, 5) is 14.6. The first-order valence-corrected chi connectivity index (χ1v) is 10.7. The standard InChI is InChI=1S/C21H25NO3S/c1-15-10-11-16(2)19(13-15)14-26(24,25)17(3)21(23)22-12-6-8-18-7-4-5-9-20(18)22/h4-5,7,9-11,13,17H,6,8,12,14H2,1-3H3. The van der Waals surface area contributed by atoms with Crippen molar-refractivity contribution in [2.45, 2.75) is 44.6 Å². The van der Waals surface area contributed by atoms with Gasteiger partial charge < -0.3 is 4.90 Å². The zero-order valence-electron chi connectivity index (χ0n) is 15.5. The minimum atomic E-state index is -3.59. The van der Waals surface area contributed by atoms with Crippen LogP contribution in [0, 0.1) is 13.8 Å². The number of sulfone groups is 1. The molecule has 0 spiro atoms. The summed E-state index contributed by atoms with van der Waals surface area (Å²) >= 11 is 0. The van der Waals surface area contributed by atoms with Crippen LogP contribution in [0.1, 0.15) is 35.6 Å². The highest BCUT2D eigenvalue weighted by molar-refractivity contribution is 7.92. The van der Waals surface area contributed by atoms with Gasteiger partial charge in [-0.15, -0.1) is 0 Å². The van der Waals surface area contributed by atoms with Gasteiger partial charge in [-0.05, 0) is 56.4 Å². The van der Waals surface area contributed by atoms with Crippen molar-refractivity contribution in [1.82, 2.24) is 0 Å². The van der Waals surface area contributed by atoms with Gasteiger partial charge in [-0.25, -0.2) is 8.42 Å². The number of para-hydroxylation sites is 1. The second-order valence-electron chi connectivity index (χ2n) is 7.10. The fraction of sp³-hybridized carbons (Fsp3) is 0.381. The molecular formula is C21H25NO3S. The molecule has 0 aliphatic carbocycles. The van der Waals surface area contributed by atoms with E-state index in [9.17, 15) is 13.2 Å². The largest absolute Gasteiger partial charge is 0.311 e. The lowest BCUT2D eigenvalue weighted by Gasteiger charge is -2.31. The fourth-order valence-corrected chi connectivity index (χ4v) is 4.86. The number of hydrogen-bond donors (Lipinski definition) is 0. The molecule has 0 saturated heterocycles. The number of carbonyl (C=O) groups excluding carboxylic acids is 1. The zero-order chi connectivity index (χ0) is 18.9. The first-order valence-electron chi connectivity index (χ1n) is 8.96. The van der Waals surface area contributed by atoms with E-state index in [0.717, 1.165) is 40.8 Å². The molecule has 3 rings (SSSR count). The average Bonchev–Trinajstić information content (AvgIpc) is 2.63. The Hall–Kier alpha value is -2.14. The zero-order valence-corrected chi connectivity index (χ0v) is 16.3. The number of rotatable bonds is 4. The van der Waals surface area contributed by atoms with Gasteiger partial charge in [0.05, 0.1) is 5.75 Å². The van der Waals surface area contributed by atoms with E-state index in [4.69, 9.17) is 0 Å². The van der Waals surface area contributed by atoms with Crippen molar-refractivity contribution in [3.05, 3.63) is 64.7 Å². The Morgan fingerprint density at radius 3 is 2.65 bits per heavy atom. The van der Waals surface area contributed by atoms with Crippen molar-refractivity contribution in [1.29, 1.82) is 0 Å². The summed E-state index contributed by atoms with van der Waals surface area (Å²) in [5, 5.41) is -1.06. The van der Waals surface area contributed by atoms with Crippen LogP contribution in [0.4, 0.5) is 5.69 Å². The van der Waals surface area contributed by atoms with Crippen LogP contribution < -0.4 is 4.90 Å². The van der Waals surface area contributed by atoms with Crippen LogP contribution in [0.3, 0.4) is 0 Å². The molecule has 1 heterocycles. The number of hydrogen-bond acceptors (Lipinski definition) is 3. The second kappa shape index (κ2) is 7.23. The van der Waals surface area contributed by atoms with E-state index < -0.39 is 15.1 Å². The molecule has 5 heteroatoms. The molecule has 0 N–H and O–H groups in total. The van der Waals surface area contributed by atoms with Crippen LogP contribution in [0.25, 0.3) is 0 Å². The number of nitrogens with zero attached hydrogens (tertiary/aromatic N) is 1. The number of amides is 1. The minimum Gasteiger partial charge on any atom is -0.311 e. The van der Waals surface area contributed by atoms with Gasteiger partial charge in [0, 0.05) is 12.2 Å². The lowest BCUT2D eigenvalue weighted by molar-refractivity contribution is -0.118. The van der Waals surface area contributed by atoms with Gasteiger partial charge in [0.2, 0.25) is 5.91 Å². The van der Waals surface area contributed by atoms with Crippen LogP contribution in [0.5, 0.6) is 0 Å². The van der Waals surface area contributed by atoms with Crippen molar-refractivity contribution in [2.75, 3.05) is 11.4 Å². The highest BCUT2D eigenvalue weighted by Crippen LogP contribution is 2.28. The molecule has 0 aromatic heterocycles. The number of anilines is 1. The monoisotopic (exact) mass is 371 g/mol. The molecule has 0 radical (unpaired) electrons. The first kappa shape index (κ1) is 18.6. The molecule has 1 atom stereocenters. The van der Waals surface area contributed by atoms with Crippen LogP contribution in [-0.2, 0) is 26.8 Å². The van der Waals surface area contributed by atoms with Gasteiger partial charge >= 0.3 is 0 Å². The van der Waals surface area contributed by atoms with Gasteiger partial charge in [0.1, 0.15) is 5.25 Å². The van der Waals surface area contributed by atoms with Crippen molar-refractivity contribution < 1.29 is 13.2 Å². The smallest absolute Gasteiger partial charge is 0.245 e. The van der Waals surface area contributed by atoms with E-state index in [1.54, 1.807) is 4.90 Å². The molecule has 0 fully saturated rings. The van der Waals surface area contributed by atoms with E-state index in [2.05, 4.69) is 0 Å². The Balaban J connectivity index is 1.85. The van der Waals surface area contributed by atoms with Crippen molar-refractivity contribution in [3.8, 4) is 0 Å². The highest BCUT2D eigenvalue weighted by Gasteiger charge is 2.34. The van der Waals surface area contributed by atoms with Crippen LogP contribution in [0.15, 0.2) is 42.5 Å². The number of carbonyl (C=O) groups is 1. The molecule has 2 aromatic rings.